The number of carbonyl (C=O) groups is 1. The first-order chi connectivity index (χ1) is 6.73. The maximum Gasteiger partial charge on any atom is 0.165 e. The average molecular weight is 213 g/mol. The van der Waals surface area contributed by atoms with Crippen LogP contribution in [0, 0.1) is 11.6 Å². The Morgan fingerprint density at radius 1 is 1.27 bits per heavy atom. The molecule has 1 aromatic carbocycles. The number of hydrogen-bond donors (Lipinski definition) is 1. The summed E-state index contributed by atoms with van der Waals surface area (Å²) in [4.78, 5) is 10.9. The van der Waals surface area contributed by atoms with E-state index in [2.05, 4.69) is 0 Å². The van der Waals surface area contributed by atoms with Crippen LogP contribution >= 0.6 is 0 Å². The number of rotatable bonds is 2. The van der Waals surface area contributed by atoms with Gasteiger partial charge in [-0.2, -0.15) is 0 Å². The molecular weight excluding hydrogens is 200 g/mol. The Bertz CT molecular complexity index is 385. The summed E-state index contributed by atoms with van der Waals surface area (Å²) < 4.78 is 26.8. The number of ketones is 1. The van der Waals surface area contributed by atoms with Crippen molar-refractivity contribution < 1.29 is 13.6 Å². The second-order valence-corrected chi connectivity index (χ2v) is 4.09. The molecule has 0 amide bonds. The van der Waals surface area contributed by atoms with E-state index in [0.29, 0.717) is 5.56 Å². The first kappa shape index (κ1) is 11.8. The van der Waals surface area contributed by atoms with Crippen molar-refractivity contribution in [1.82, 2.24) is 0 Å². The van der Waals surface area contributed by atoms with Gasteiger partial charge in [0, 0.05) is 5.54 Å². The highest BCUT2D eigenvalue weighted by molar-refractivity contribution is 5.94. The van der Waals surface area contributed by atoms with E-state index in [0.717, 1.165) is 19.1 Å². The number of Topliss-reactive ketones (excluding diaryl/α,β-unsaturated/α-hetero) is 1. The minimum absolute atomic E-state index is 0.322. The van der Waals surface area contributed by atoms with Crippen LogP contribution in [0.25, 0.3) is 0 Å². The van der Waals surface area contributed by atoms with Gasteiger partial charge < -0.3 is 5.73 Å². The van der Waals surface area contributed by atoms with Crippen molar-refractivity contribution in [3.8, 4) is 0 Å². The van der Waals surface area contributed by atoms with E-state index in [4.69, 9.17) is 5.73 Å². The lowest BCUT2D eigenvalue weighted by molar-refractivity contribution is 0.100. The van der Waals surface area contributed by atoms with Crippen LogP contribution in [0.1, 0.15) is 36.7 Å². The van der Waals surface area contributed by atoms with Crippen LogP contribution in [0.4, 0.5) is 8.78 Å². The molecule has 82 valence electrons. The third kappa shape index (κ3) is 2.39. The predicted molar refractivity (Wildman–Crippen MR) is 53.6 cm³/mol. The van der Waals surface area contributed by atoms with E-state index >= 15 is 0 Å². The summed E-state index contributed by atoms with van der Waals surface area (Å²) in [5.74, 6) is -2.36. The highest BCUT2D eigenvalue weighted by Gasteiger charge is 2.21. The Morgan fingerprint density at radius 2 is 1.67 bits per heavy atom. The van der Waals surface area contributed by atoms with Gasteiger partial charge in [-0.15, -0.1) is 0 Å². The van der Waals surface area contributed by atoms with Crippen LogP contribution in [-0.2, 0) is 5.54 Å². The smallest absolute Gasteiger partial charge is 0.165 e. The van der Waals surface area contributed by atoms with E-state index in [9.17, 15) is 13.6 Å². The Morgan fingerprint density at radius 3 is 1.93 bits per heavy atom. The molecule has 0 saturated carbocycles. The quantitative estimate of drug-likeness (QED) is 0.766. The van der Waals surface area contributed by atoms with E-state index in [1.165, 1.54) is 0 Å². The lowest BCUT2D eigenvalue weighted by Gasteiger charge is -2.19. The van der Waals surface area contributed by atoms with Crippen LogP contribution < -0.4 is 5.73 Å². The van der Waals surface area contributed by atoms with E-state index < -0.39 is 28.5 Å². The zero-order valence-electron chi connectivity index (χ0n) is 8.90. The zero-order valence-corrected chi connectivity index (χ0v) is 8.90. The van der Waals surface area contributed by atoms with Gasteiger partial charge in [-0.3, -0.25) is 4.79 Å². The van der Waals surface area contributed by atoms with Crippen molar-refractivity contribution in [3.63, 3.8) is 0 Å². The number of carbonyl (C=O) groups excluding carboxylic acids is 1. The third-order valence-electron chi connectivity index (χ3n) is 2.14. The average Bonchev–Trinajstić information content (AvgIpc) is 1.99. The summed E-state index contributed by atoms with van der Waals surface area (Å²) in [5, 5.41) is 0. The molecule has 0 heterocycles. The fourth-order valence-electron chi connectivity index (χ4n) is 1.28. The number of benzene rings is 1. The molecule has 0 fully saturated rings. The number of nitrogens with two attached hydrogens (primary N) is 1. The monoisotopic (exact) mass is 213 g/mol. The van der Waals surface area contributed by atoms with Gasteiger partial charge in [-0.25, -0.2) is 8.78 Å². The summed E-state index contributed by atoms with van der Waals surface area (Å²) in [6.07, 6.45) is 0. The molecule has 0 saturated heterocycles. The Balaban J connectivity index is 3.39. The second kappa shape index (κ2) is 3.70. The summed E-state index contributed by atoms with van der Waals surface area (Å²) >= 11 is 0. The predicted octanol–water partition coefficient (Wildman–Crippen LogP) is 2.36. The molecule has 0 radical (unpaired) electrons. The van der Waals surface area contributed by atoms with Crippen molar-refractivity contribution in [1.29, 1.82) is 0 Å². The minimum Gasteiger partial charge on any atom is -0.322 e. The molecule has 2 N–H and O–H groups in total. The molecule has 4 heteroatoms. The Kier molecular flexibility index (Phi) is 2.90. The van der Waals surface area contributed by atoms with Gasteiger partial charge in [0.05, 0.1) is 5.56 Å². The van der Waals surface area contributed by atoms with E-state index in [1.807, 2.05) is 0 Å². The van der Waals surface area contributed by atoms with Gasteiger partial charge >= 0.3 is 0 Å². The highest BCUT2D eigenvalue weighted by Crippen LogP contribution is 2.22. The SMILES string of the molecule is CC(=O)c1c(F)cc(C(C)(C)N)cc1F. The lowest BCUT2D eigenvalue weighted by atomic mass is 9.93. The first-order valence-electron chi connectivity index (χ1n) is 4.53. The van der Waals surface area contributed by atoms with Crippen molar-refractivity contribution >= 4 is 5.78 Å². The van der Waals surface area contributed by atoms with Gasteiger partial charge in [0.25, 0.3) is 0 Å². The standard InChI is InChI=1S/C11H13F2NO/c1-6(15)10-8(12)4-7(5-9(10)13)11(2,3)14/h4-5H,14H2,1-3H3. The van der Waals surface area contributed by atoms with Crippen molar-refractivity contribution in [2.75, 3.05) is 0 Å². The molecule has 1 rings (SSSR count). The fourth-order valence-corrected chi connectivity index (χ4v) is 1.28. The van der Waals surface area contributed by atoms with Gasteiger partial charge in [0.15, 0.2) is 5.78 Å². The molecular formula is C11H13F2NO. The van der Waals surface area contributed by atoms with Crippen LogP contribution in [0.15, 0.2) is 12.1 Å². The second-order valence-electron chi connectivity index (χ2n) is 4.09. The summed E-state index contributed by atoms with van der Waals surface area (Å²) in [6.45, 7) is 4.39. The van der Waals surface area contributed by atoms with Crippen molar-refractivity contribution in [2.45, 2.75) is 26.3 Å². The van der Waals surface area contributed by atoms with Crippen LogP contribution in [0.5, 0.6) is 0 Å². The fraction of sp³-hybridized carbons (Fsp3) is 0.364. The van der Waals surface area contributed by atoms with Gasteiger partial charge in [-0.05, 0) is 38.5 Å². The Labute approximate surface area is 87.1 Å². The number of halogens is 2. The maximum absolute atomic E-state index is 13.4. The van der Waals surface area contributed by atoms with Crippen molar-refractivity contribution in [3.05, 3.63) is 34.9 Å². The summed E-state index contributed by atoms with van der Waals surface area (Å²) in [7, 11) is 0. The molecule has 15 heavy (non-hydrogen) atoms. The van der Waals surface area contributed by atoms with E-state index in [-0.39, 0.29) is 0 Å². The zero-order chi connectivity index (χ0) is 11.8. The molecule has 0 aliphatic heterocycles. The topological polar surface area (TPSA) is 43.1 Å². The van der Waals surface area contributed by atoms with Gasteiger partial charge in [0.2, 0.25) is 0 Å². The minimum atomic E-state index is -0.865. The van der Waals surface area contributed by atoms with Gasteiger partial charge in [-0.1, -0.05) is 0 Å². The summed E-state index contributed by atoms with van der Waals surface area (Å²) in [5.41, 5.74) is 4.68. The molecule has 0 aliphatic carbocycles. The molecule has 0 spiro atoms. The van der Waals surface area contributed by atoms with Crippen LogP contribution in [-0.4, -0.2) is 5.78 Å². The maximum atomic E-state index is 13.4. The normalized spacial score (nSPS) is 11.6. The molecule has 0 bridgehead atoms. The van der Waals surface area contributed by atoms with E-state index in [1.54, 1.807) is 13.8 Å². The largest absolute Gasteiger partial charge is 0.322 e. The summed E-state index contributed by atoms with van der Waals surface area (Å²) in [6, 6.07) is 2.19. The molecule has 0 aromatic heterocycles. The van der Waals surface area contributed by atoms with Crippen LogP contribution in [0.3, 0.4) is 0 Å². The van der Waals surface area contributed by atoms with Crippen LogP contribution in [0.2, 0.25) is 0 Å². The highest BCUT2D eigenvalue weighted by atomic mass is 19.1. The molecule has 1 aromatic rings. The molecule has 0 unspecified atom stereocenters. The molecule has 0 aliphatic rings. The molecule has 2 nitrogen and oxygen atoms in total. The van der Waals surface area contributed by atoms with Crippen molar-refractivity contribution in [2.24, 2.45) is 5.73 Å². The Hall–Kier alpha value is -1.29. The lowest BCUT2D eigenvalue weighted by Crippen LogP contribution is -2.29. The molecule has 0 atom stereocenters. The first-order valence-corrected chi connectivity index (χ1v) is 4.53. The van der Waals surface area contributed by atoms with Gasteiger partial charge in [0.1, 0.15) is 11.6 Å². The third-order valence-corrected chi connectivity index (χ3v) is 2.14. The number of hydrogen-bond acceptors (Lipinski definition) is 2.